The molecule has 0 amide bonds. The van der Waals surface area contributed by atoms with Crippen LogP contribution in [0, 0.1) is 13.8 Å². The third-order valence-electron chi connectivity index (χ3n) is 5.97. The third-order valence-corrected chi connectivity index (χ3v) is 5.97. The SMILES string of the molecule is CC(=O)OCCCc1ccc(N(c2ccc(CCCOC(C)=O)cc2)c2ccc(C)c(C)c2)cc1. The van der Waals surface area contributed by atoms with Crippen molar-refractivity contribution in [3.05, 3.63) is 89.0 Å². The van der Waals surface area contributed by atoms with Crippen LogP contribution in [-0.4, -0.2) is 25.2 Å². The molecule has 0 fully saturated rings. The Morgan fingerprint density at radius 2 is 1.06 bits per heavy atom. The molecule has 0 unspecified atom stereocenters. The lowest BCUT2D eigenvalue weighted by Crippen LogP contribution is -2.10. The van der Waals surface area contributed by atoms with Gasteiger partial charge in [-0.05, 0) is 98.2 Å². The van der Waals surface area contributed by atoms with E-state index >= 15 is 0 Å². The molecule has 0 atom stereocenters. The molecule has 0 saturated heterocycles. The summed E-state index contributed by atoms with van der Waals surface area (Å²) in [7, 11) is 0. The first kappa shape index (κ1) is 26.0. The van der Waals surface area contributed by atoms with E-state index in [-0.39, 0.29) is 11.9 Å². The second-order valence-corrected chi connectivity index (χ2v) is 8.82. The van der Waals surface area contributed by atoms with Crippen molar-refractivity contribution in [3.63, 3.8) is 0 Å². The molecule has 35 heavy (non-hydrogen) atoms. The molecule has 3 aromatic carbocycles. The number of nitrogens with zero attached hydrogens (tertiary/aromatic N) is 1. The summed E-state index contributed by atoms with van der Waals surface area (Å²) in [4.78, 5) is 24.2. The van der Waals surface area contributed by atoms with E-state index in [0.717, 1.165) is 42.7 Å². The Hall–Kier alpha value is -3.60. The molecule has 0 saturated carbocycles. The monoisotopic (exact) mass is 473 g/mol. The standard InChI is InChI=1S/C30H35NO4/c1-22-9-14-30(21-23(22)2)31(28-15-10-26(11-16-28)7-5-19-34-24(3)32)29-17-12-27(13-18-29)8-6-20-35-25(4)33/h9-18,21H,5-8,19-20H2,1-4H3. The summed E-state index contributed by atoms with van der Waals surface area (Å²) < 4.78 is 10.1. The largest absolute Gasteiger partial charge is 0.466 e. The quantitative estimate of drug-likeness (QED) is 0.227. The topological polar surface area (TPSA) is 55.8 Å². The first-order valence-corrected chi connectivity index (χ1v) is 12.2. The Bertz CT molecular complexity index is 1050. The maximum atomic E-state index is 11.0. The van der Waals surface area contributed by atoms with Crippen LogP contribution in [0.15, 0.2) is 66.7 Å². The van der Waals surface area contributed by atoms with Crippen molar-refractivity contribution >= 4 is 29.0 Å². The fourth-order valence-corrected chi connectivity index (χ4v) is 3.92. The Labute approximate surface area is 208 Å². The fourth-order valence-electron chi connectivity index (χ4n) is 3.92. The van der Waals surface area contributed by atoms with Gasteiger partial charge in [0.05, 0.1) is 13.2 Å². The number of ether oxygens (including phenoxy) is 2. The number of anilines is 3. The van der Waals surface area contributed by atoms with Crippen molar-refractivity contribution in [3.8, 4) is 0 Å². The van der Waals surface area contributed by atoms with Gasteiger partial charge < -0.3 is 14.4 Å². The van der Waals surface area contributed by atoms with Gasteiger partial charge in [0.15, 0.2) is 0 Å². The molecule has 0 radical (unpaired) electrons. The van der Waals surface area contributed by atoms with Crippen molar-refractivity contribution in [2.45, 2.75) is 53.4 Å². The number of carbonyl (C=O) groups excluding carboxylic acids is 2. The van der Waals surface area contributed by atoms with Gasteiger partial charge in [-0.15, -0.1) is 0 Å². The molecule has 5 nitrogen and oxygen atoms in total. The Morgan fingerprint density at radius 3 is 1.46 bits per heavy atom. The summed E-state index contributed by atoms with van der Waals surface area (Å²) in [6.45, 7) is 8.02. The molecule has 0 N–H and O–H groups in total. The molecule has 0 bridgehead atoms. The summed E-state index contributed by atoms with van der Waals surface area (Å²) >= 11 is 0. The predicted octanol–water partition coefficient (Wildman–Crippen LogP) is 6.76. The summed E-state index contributed by atoms with van der Waals surface area (Å²) in [6.07, 6.45) is 3.33. The van der Waals surface area contributed by atoms with Crippen LogP contribution in [0.2, 0.25) is 0 Å². The van der Waals surface area contributed by atoms with Gasteiger partial charge in [-0.25, -0.2) is 0 Å². The van der Waals surface area contributed by atoms with Crippen molar-refractivity contribution in [1.82, 2.24) is 0 Å². The van der Waals surface area contributed by atoms with Crippen LogP contribution in [0.5, 0.6) is 0 Å². The van der Waals surface area contributed by atoms with E-state index < -0.39 is 0 Å². The summed E-state index contributed by atoms with van der Waals surface area (Å²) in [5, 5.41) is 0. The molecule has 0 aliphatic heterocycles. The van der Waals surface area contributed by atoms with Gasteiger partial charge in [0.25, 0.3) is 0 Å². The molecule has 0 aliphatic rings. The van der Waals surface area contributed by atoms with E-state index in [2.05, 4.69) is 85.5 Å². The second kappa shape index (κ2) is 12.7. The van der Waals surface area contributed by atoms with Crippen LogP contribution in [-0.2, 0) is 31.9 Å². The van der Waals surface area contributed by atoms with Crippen molar-refractivity contribution < 1.29 is 19.1 Å². The van der Waals surface area contributed by atoms with Crippen LogP contribution < -0.4 is 4.90 Å². The summed E-state index contributed by atoms with van der Waals surface area (Å²) in [6, 6.07) is 23.7. The minimum atomic E-state index is -0.236. The Kier molecular flexibility index (Phi) is 9.47. The van der Waals surface area contributed by atoms with Crippen LogP contribution in [0.1, 0.15) is 48.9 Å². The van der Waals surface area contributed by atoms with Crippen molar-refractivity contribution in [1.29, 1.82) is 0 Å². The van der Waals surface area contributed by atoms with Gasteiger partial charge in [-0.1, -0.05) is 30.3 Å². The van der Waals surface area contributed by atoms with E-state index in [9.17, 15) is 9.59 Å². The number of benzene rings is 3. The molecule has 5 heteroatoms. The van der Waals surface area contributed by atoms with Gasteiger partial charge in [-0.3, -0.25) is 9.59 Å². The van der Waals surface area contributed by atoms with Crippen LogP contribution in [0.4, 0.5) is 17.1 Å². The maximum absolute atomic E-state index is 11.0. The Morgan fingerprint density at radius 1 is 0.629 bits per heavy atom. The lowest BCUT2D eigenvalue weighted by Gasteiger charge is -2.26. The number of rotatable bonds is 11. The smallest absolute Gasteiger partial charge is 0.302 e. The minimum absolute atomic E-state index is 0.236. The van der Waals surface area contributed by atoms with Gasteiger partial charge in [0, 0.05) is 30.9 Å². The lowest BCUT2D eigenvalue weighted by molar-refractivity contribution is -0.142. The van der Waals surface area contributed by atoms with E-state index in [4.69, 9.17) is 9.47 Å². The zero-order valence-corrected chi connectivity index (χ0v) is 21.2. The second-order valence-electron chi connectivity index (χ2n) is 8.82. The molecule has 0 heterocycles. The number of aryl methyl sites for hydroxylation is 4. The van der Waals surface area contributed by atoms with Gasteiger partial charge in [0.2, 0.25) is 0 Å². The molecular weight excluding hydrogens is 438 g/mol. The number of carbonyl (C=O) groups is 2. The predicted molar refractivity (Wildman–Crippen MR) is 141 cm³/mol. The van der Waals surface area contributed by atoms with E-state index in [1.165, 1.54) is 36.1 Å². The lowest BCUT2D eigenvalue weighted by atomic mass is 10.1. The minimum Gasteiger partial charge on any atom is -0.466 e. The number of esters is 2. The van der Waals surface area contributed by atoms with E-state index in [0.29, 0.717) is 13.2 Å². The first-order chi connectivity index (χ1) is 16.8. The van der Waals surface area contributed by atoms with Crippen LogP contribution in [0.25, 0.3) is 0 Å². The highest BCUT2D eigenvalue weighted by molar-refractivity contribution is 5.77. The van der Waals surface area contributed by atoms with E-state index in [1.54, 1.807) is 0 Å². The molecule has 0 aliphatic carbocycles. The maximum Gasteiger partial charge on any atom is 0.302 e. The highest BCUT2D eigenvalue weighted by atomic mass is 16.5. The highest BCUT2D eigenvalue weighted by Crippen LogP contribution is 2.35. The Balaban J connectivity index is 1.79. The molecule has 3 aromatic rings. The summed E-state index contributed by atoms with van der Waals surface area (Å²) in [5.41, 5.74) is 8.21. The third kappa shape index (κ3) is 7.99. The zero-order valence-electron chi connectivity index (χ0n) is 21.2. The van der Waals surface area contributed by atoms with Crippen molar-refractivity contribution in [2.24, 2.45) is 0 Å². The molecule has 0 spiro atoms. The first-order valence-electron chi connectivity index (χ1n) is 12.2. The average molecular weight is 474 g/mol. The summed E-state index contributed by atoms with van der Waals surface area (Å²) in [5.74, 6) is -0.473. The highest BCUT2D eigenvalue weighted by Gasteiger charge is 2.13. The molecule has 3 rings (SSSR count). The molecule has 0 aromatic heterocycles. The normalized spacial score (nSPS) is 10.6. The molecular formula is C30H35NO4. The van der Waals surface area contributed by atoms with Gasteiger partial charge in [0.1, 0.15) is 0 Å². The average Bonchev–Trinajstić information content (AvgIpc) is 2.83. The van der Waals surface area contributed by atoms with Gasteiger partial charge >= 0.3 is 11.9 Å². The number of hydrogen-bond donors (Lipinski definition) is 0. The van der Waals surface area contributed by atoms with E-state index in [1.807, 2.05) is 0 Å². The van der Waals surface area contributed by atoms with Crippen LogP contribution >= 0.6 is 0 Å². The zero-order chi connectivity index (χ0) is 25.2. The van der Waals surface area contributed by atoms with Gasteiger partial charge in [-0.2, -0.15) is 0 Å². The fraction of sp³-hybridized carbons (Fsp3) is 0.333. The number of hydrogen-bond acceptors (Lipinski definition) is 5. The molecule has 184 valence electrons. The van der Waals surface area contributed by atoms with Crippen molar-refractivity contribution in [2.75, 3.05) is 18.1 Å². The van der Waals surface area contributed by atoms with Crippen LogP contribution in [0.3, 0.4) is 0 Å².